The fourth-order valence-corrected chi connectivity index (χ4v) is 2.29. The van der Waals surface area contributed by atoms with E-state index in [4.69, 9.17) is 4.74 Å². The van der Waals surface area contributed by atoms with Gasteiger partial charge < -0.3 is 4.74 Å². The number of hydrogen-bond acceptors (Lipinski definition) is 3. The lowest BCUT2D eigenvalue weighted by molar-refractivity contribution is -0.146. The highest BCUT2D eigenvalue weighted by Crippen LogP contribution is 2.21. The molecule has 2 rings (SSSR count). The molecule has 1 fully saturated rings. The molecule has 0 unspecified atom stereocenters. The van der Waals surface area contributed by atoms with E-state index in [1.807, 2.05) is 4.90 Å². The topological polar surface area (TPSA) is 29.5 Å². The van der Waals surface area contributed by atoms with Crippen molar-refractivity contribution >= 4 is 5.97 Å². The monoisotopic (exact) mass is 255 g/mol. The average Bonchev–Trinajstić information content (AvgIpc) is 2.81. The van der Waals surface area contributed by atoms with Crippen LogP contribution in [0.5, 0.6) is 0 Å². The predicted octanol–water partition coefficient (Wildman–Crippen LogP) is 2.10. The van der Waals surface area contributed by atoms with Crippen LogP contribution in [0.1, 0.15) is 18.4 Å². The van der Waals surface area contributed by atoms with E-state index in [0.29, 0.717) is 12.1 Å². The second-order valence-electron chi connectivity index (χ2n) is 4.40. The van der Waals surface area contributed by atoms with E-state index in [0.717, 1.165) is 25.5 Å². The lowest BCUT2D eigenvalue weighted by Gasteiger charge is -2.22. The average molecular weight is 255 g/mol. The minimum absolute atomic E-state index is 0.268. The van der Waals surface area contributed by atoms with Crippen LogP contribution < -0.4 is 0 Å². The summed E-state index contributed by atoms with van der Waals surface area (Å²) in [5, 5.41) is 0. The molecule has 1 aromatic rings. The summed E-state index contributed by atoms with van der Waals surface area (Å²) in [6.45, 7) is 1.19. The number of carbonyl (C=O) groups is 1. The van der Waals surface area contributed by atoms with Crippen molar-refractivity contribution in [2.24, 2.45) is 0 Å². The molecule has 1 saturated heterocycles. The Morgan fingerprint density at radius 2 is 2.22 bits per heavy atom. The van der Waals surface area contributed by atoms with Gasteiger partial charge in [-0.25, -0.2) is 8.78 Å². The second-order valence-corrected chi connectivity index (χ2v) is 4.40. The fourth-order valence-electron chi connectivity index (χ4n) is 2.29. The molecule has 0 aliphatic carbocycles. The summed E-state index contributed by atoms with van der Waals surface area (Å²) in [5.41, 5.74) is 0.657. The van der Waals surface area contributed by atoms with Crippen LogP contribution >= 0.6 is 0 Å². The van der Waals surface area contributed by atoms with Crippen molar-refractivity contribution in [1.29, 1.82) is 0 Å². The van der Waals surface area contributed by atoms with E-state index in [1.54, 1.807) is 0 Å². The Balaban J connectivity index is 2.08. The van der Waals surface area contributed by atoms with E-state index in [9.17, 15) is 13.6 Å². The SMILES string of the molecule is COC(=O)[C@@H]1CCCN1Cc1ccc(F)c(F)c1. The zero-order valence-corrected chi connectivity index (χ0v) is 10.2. The quantitative estimate of drug-likeness (QED) is 0.775. The summed E-state index contributed by atoms with van der Waals surface area (Å²) in [6, 6.07) is 3.53. The Labute approximate surface area is 104 Å². The molecule has 1 heterocycles. The van der Waals surface area contributed by atoms with Gasteiger partial charge in [-0.3, -0.25) is 9.69 Å². The largest absolute Gasteiger partial charge is 0.468 e. The minimum atomic E-state index is -0.860. The van der Waals surface area contributed by atoms with Crippen LogP contribution in [0.2, 0.25) is 0 Å². The van der Waals surface area contributed by atoms with E-state index >= 15 is 0 Å². The molecular weight excluding hydrogens is 240 g/mol. The van der Waals surface area contributed by atoms with Gasteiger partial charge in [-0.1, -0.05) is 6.07 Å². The first-order valence-electron chi connectivity index (χ1n) is 5.87. The standard InChI is InChI=1S/C13H15F2NO2/c1-18-13(17)12-3-2-6-16(12)8-9-4-5-10(14)11(15)7-9/h4-5,7,12H,2-3,6,8H2,1H3/t12-/m0/s1. The van der Waals surface area contributed by atoms with Gasteiger partial charge in [-0.05, 0) is 37.1 Å². The van der Waals surface area contributed by atoms with Crippen molar-refractivity contribution in [2.45, 2.75) is 25.4 Å². The molecule has 0 spiro atoms. The molecule has 0 aromatic heterocycles. The molecule has 0 N–H and O–H groups in total. The van der Waals surface area contributed by atoms with Crippen molar-refractivity contribution in [1.82, 2.24) is 4.90 Å². The maximum absolute atomic E-state index is 13.1. The minimum Gasteiger partial charge on any atom is -0.468 e. The highest BCUT2D eigenvalue weighted by molar-refractivity contribution is 5.75. The first-order chi connectivity index (χ1) is 8.61. The number of hydrogen-bond donors (Lipinski definition) is 0. The van der Waals surface area contributed by atoms with Crippen LogP contribution in [-0.2, 0) is 16.1 Å². The molecule has 98 valence electrons. The van der Waals surface area contributed by atoms with E-state index < -0.39 is 11.6 Å². The number of benzene rings is 1. The number of nitrogens with zero attached hydrogens (tertiary/aromatic N) is 1. The number of ether oxygens (including phenoxy) is 1. The third-order valence-electron chi connectivity index (χ3n) is 3.21. The van der Waals surface area contributed by atoms with Crippen LogP contribution in [-0.4, -0.2) is 30.6 Å². The normalized spacial score (nSPS) is 20.1. The third-order valence-corrected chi connectivity index (χ3v) is 3.21. The summed E-state index contributed by atoms with van der Waals surface area (Å²) in [6.07, 6.45) is 1.65. The zero-order chi connectivity index (χ0) is 13.1. The second kappa shape index (κ2) is 5.44. The Morgan fingerprint density at radius 1 is 1.44 bits per heavy atom. The first kappa shape index (κ1) is 13.0. The number of carbonyl (C=O) groups excluding carboxylic acids is 1. The van der Waals surface area contributed by atoms with Gasteiger partial charge in [0.05, 0.1) is 7.11 Å². The Morgan fingerprint density at radius 3 is 2.89 bits per heavy atom. The van der Waals surface area contributed by atoms with Gasteiger partial charge in [0, 0.05) is 6.54 Å². The summed E-state index contributed by atoms with van der Waals surface area (Å²) in [5.74, 6) is -1.99. The van der Waals surface area contributed by atoms with E-state index in [-0.39, 0.29) is 12.0 Å². The number of esters is 1. The number of likely N-dealkylation sites (tertiary alicyclic amines) is 1. The van der Waals surface area contributed by atoms with Gasteiger partial charge >= 0.3 is 5.97 Å². The Kier molecular flexibility index (Phi) is 3.91. The lowest BCUT2D eigenvalue weighted by atomic mass is 10.1. The fraction of sp³-hybridized carbons (Fsp3) is 0.462. The zero-order valence-electron chi connectivity index (χ0n) is 10.2. The van der Waals surface area contributed by atoms with Gasteiger partial charge in [0.1, 0.15) is 6.04 Å². The van der Waals surface area contributed by atoms with E-state index in [1.165, 1.54) is 19.2 Å². The van der Waals surface area contributed by atoms with Crippen molar-refractivity contribution < 1.29 is 18.3 Å². The molecule has 1 aromatic carbocycles. The van der Waals surface area contributed by atoms with Crippen LogP contribution in [0.4, 0.5) is 8.78 Å². The number of methoxy groups -OCH3 is 1. The molecule has 18 heavy (non-hydrogen) atoms. The van der Waals surface area contributed by atoms with Gasteiger partial charge in [-0.2, -0.15) is 0 Å². The molecule has 0 saturated carbocycles. The van der Waals surface area contributed by atoms with Gasteiger partial charge in [0.2, 0.25) is 0 Å². The number of halogens is 2. The first-order valence-corrected chi connectivity index (χ1v) is 5.87. The highest BCUT2D eigenvalue weighted by atomic mass is 19.2. The van der Waals surface area contributed by atoms with Crippen LogP contribution in [0.25, 0.3) is 0 Å². The lowest BCUT2D eigenvalue weighted by Crippen LogP contribution is -2.36. The van der Waals surface area contributed by atoms with Crippen LogP contribution in [0.15, 0.2) is 18.2 Å². The van der Waals surface area contributed by atoms with E-state index in [2.05, 4.69) is 0 Å². The molecular formula is C13H15F2NO2. The Bertz CT molecular complexity index is 451. The molecule has 1 aliphatic heterocycles. The number of rotatable bonds is 3. The molecule has 3 nitrogen and oxygen atoms in total. The van der Waals surface area contributed by atoms with Crippen LogP contribution in [0.3, 0.4) is 0 Å². The van der Waals surface area contributed by atoms with Gasteiger partial charge in [0.25, 0.3) is 0 Å². The highest BCUT2D eigenvalue weighted by Gasteiger charge is 2.31. The van der Waals surface area contributed by atoms with Crippen molar-refractivity contribution in [3.8, 4) is 0 Å². The summed E-state index contributed by atoms with van der Waals surface area (Å²) in [7, 11) is 1.36. The molecule has 5 heteroatoms. The predicted molar refractivity (Wildman–Crippen MR) is 61.8 cm³/mol. The third kappa shape index (κ3) is 2.67. The molecule has 0 bridgehead atoms. The molecule has 1 aliphatic rings. The maximum atomic E-state index is 13.1. The van der Waals surface area contributed by atoms with Gasteiger partial charge in [0.15, 0.2) is 11.6 Å². The smallest absolute Gasteiger partial charge is 0.323 e. The summed E-state index contributed by atoms with van der Waals surface area (Å²) >= 11 is 0. The maximum Gasteiger partial charge on any atom is 0.323 e. The summed E-state index contributed by atoms with van der Waals surface area (Å²) < 4.78 is 30.6. The van der Waals surface area contributed by atoms with Crippen molar-refractivity contribution in [3.05, 3.63) is 35.4 Å². The summed E-state index contributed by atoms with van der Waals surface area (Å²) in [4.78, 5) is 13.5. The molecule has 1 atom stereocenters. The Hall–Kier alpha value is -1.49. The van der Waals surface area contributed by atoms with Crippen molar-refractivity contribution in [2.75, 3.05) is 13.7 Å². The van der Waals surface area contributed by atoms with Gasteiger partial charge in [-0.15, -0.1) is 0 Å². The molecule has 0 radical (unpaired) electrons. The van der Waals surface area contributed by atoms with Crippen molar-refractivity contribution in [3.63, 3.8) is 0 Å². The van der Waals surface area contributed by atoms with Crippen LogP contribution in [0, 0.1) is 11.6 Å². The molecule has 0 amide bonds.